The van der Waals surface area contributed by atoms with Crippen molar-refractivity contribution in [1.82, 2.24) is 0 Å². The molecule has 110 valence electrons. The van der Waals surface area contributed by atoms with Crippen LogP contribution in [-0.4, -0.2) is 20.4 Å². The van der Waals surface area contributed by atoms with E-state index in [-0.39, 0.29) is 15.8 Å². The van der Waals surface area contributed by atoms with Crippen LogP contribution in [-0.2, 0) is 16.4 Å². The van der Waals surface area contributed by atoms with E-state index in [1.165, 1.54) is 15.8 Å². The maximum Gasteiger partial charge on any atom is 0.265 e. The van der Waals surface area contributed by atoms with E-state index in [0.717, 1.165) is 16.9 Å². The zero-order valence-corrected chi connectivity index (χ0v) is 12.9. The fraction of sp³-hybridized carbons (Fsp3) is 0.214. The van der Waals surface area contributed by atoms with Gasteiger partial charge in [0.05, 0.1) is 15.5 Å². The van der Waals surface area contributed by atoms with Gasteiger partial charge in [-0.15, -0.1) is 11.3 Å². The Kier molecular flexibility index (Phi) is 3.26. The van der Waals surface area contributed by atoms with Crippen molar-refractivity contribution in [1.29, 1.82) is 0 Å². The highest BCUT2D eigenvalue weighted by Crippen LogP contribution is 2.37. The summed E-state index contributed by atoms with van der Waals surface area (Å²) in [7, 11) is -3.68. The van der Waals surface area contributed by atoms with Crippen LogP contribution in [0.3, 0.4) is 0 Å². The van der Waals surface area contributed by atoms with Crippen LogP contribution in [0.5, 0.6) is 0 Å². The van der Waals surface area contributed by atoms with Gasteiger partial charge in [0.1, 0.15) is 0 Å². The summed E-state index contributed by atoms with van der Waals surface area (Å²) in [6.45, 7) is 1.87. The van der Waals surface area contributed by atoms with Gasteiger partial charge in [-0.1, -0.05) is 18.2 Å². The van der Waals surface area contributed by atoms with Crippen LogP contribution in [0.2, 0.25) is 0 Å². The summed E-state index contributed by atoms with van der Waals surface area (Å²) >= 11 is 1.05. The number of thiophene rings is 1. The predicted octanol–water partition coefficient (Wildman–Crippen LogP) is 1.99. The quantitative estimate of drug-likeness (QED) is 0.938. The number of rotatable bonds is 3. The Morgan fingerprint density at radius 2 is 2.10 bits per heavy atom. The lowest BCUT2D eigenvalue weighted by Gasteiger charge is -2.23. The molecule has 3 rings (SSSR count). The Morgan fingerprint density at radius 1 is 1.38 bits per heavy atom. The van der Waals surface area contributed by atoms with Gasteiger partial charge in [0.2, 0.25) is 0 Å². The monoisotopic (exact) mass is 322 g/mol. The van der Waals surface area contributed by atoms with Gasteiger partial charge in [-0.25, -0.2) is 8.42 Å². The Bertz CT molecular complexity index is 811. The van der Waals surface area contributed by atoms with Gasteiger partial charge in [-0.3, -0.25) is 9.10 Å². The minimum atomic E-state index is -3.68. The van der Waals surface area contributed by atoms with E-state index in [0.29, 0.717) is 12.1 Å². The molecule has 0 radical (unpaired) electrons. The molecule has 1 atom stereocenters. The molecule has 2 N–H and O–H groups in total. The molecule has 0 aliphatic carbocycles. The number of carbonyl (C=O) groups excluding carboxylic acids is 1. The number of hydrogen-bond acceptors (Lipinski definition) is 4. The highest BCUT2D eigenvalue weighted by molar-refractivity contribution is 7.93. The van der Waals surface area contributed by atoms with Crippen molar-refractivity contribution < 1.29 is 13.2 Å². The van der Waals surface area contributed by atoms with E-state index < -0.39 is 15.9 Å². The molecule has 0 saturated heterocycles. The molecule has 0 bridgehead atoms. The second-order valence-electron chi connectivity index (χ2n) is 4.99. The molecular formula is C14H14N2O3S2. The van der Waals surface area contributed by atoms with Gasteiger partial charge >= 0.3 is 0 Å². The van der Waals surface area contributed by atoms with Crippen LogP contribution in [0.25, 0.3) is 0 Å². The highest BCUT2D eigenvalue weighted by Gasteiger charge is 2.36. The van der Waals surface area contributed by atoms with Crippen LogP contribution in [0, 0.1) is 0 Å². The van der Waals surface area contributed by atoms with Crippen LogP contribution in [0.1, 0.15) is 22.2 Å². The van der Waals surface area contributed by atoms with Crippen molar-refractivity contribution in [3.63, 3.8) is 0 Å². The number of anilines is 1. The number of para-hydroxylation sites is 1. The van der Waals surface area contributed by atoms with Crippen LogP contribution >= 0.6 is 11.3 Å². The predicted molar refractivity (Wildman–Crippen MR) is 82.1 cm³/mol. The van der Waals surface area contributed by atoms with Crippen molar-refractivity contribution in [2.45, 2.75) is 24.3 Å². The molecule has 1 aliphatic rings. The third kappa shape index (κ3) is 2.22. The van der Waals surface area contributed by atoms with Gasteiger partial charge < -0.3 is 5.73 Å². The molecule has 1 aromatic heterocycles. The second-order valence-corrected chi connectivity index (χ2v) is 7.72. The van der Waals surface area contributed by atoms with Crippen LogP contribution in [0.4, 0.5) is 5.69 Å². The molecule has 0 fully saturated rings. The van der Waals surface area contributed by atoms with E-state index in [1.807, 2.05) is 25.1 Å². The van der Waals surface area contributed by atoms with E-state index in [4.69, 9.17) is 5.73 Å². The number of carbonyl (C=O) groups is 1. The summed E-state index contributed by atoms with van der Waals surface area (Å²) in [6, 6.07) is 8.65. The highest BCUT2D eigenvalue weighted by atomic mass is 32.2. The number of nitrogens with two attached hydrogens (primary N) is 1. The fourth-order valence-electron chi connectivity index (χ4n) is 2.60. The summed E-state index contributed by atoms with van der Waals surface area (Å²) in [5, 5.41) is 1.46. The number of primary amides is 1. The average Bonchev–Trinajstić information content (AvgIpc) is 3.02. The Labute approximate surface area is 127 Å². The standard InChI is InChI=1S/C14H14N2O3S2/c1-9-6-10-4-2-3-5-12(10)16(9)21(18,19)11-7-13(14(15)17)20-8-11/h2-5,7-9H,6H2,1H3,(H2,15,17)/t9-/m1/s1. The topological polar surface area (TPSA) is 80.5 Å². The zero-order chi connectivity index (χ0) is 15.2. The third-order valence-electron chi connectivity index (χ3n) is 3.52. The Hall–Kier alpha value is -1.86. The molecule has 7 heteroatoms. The first kappa shape index (κ1) is 14.1. The first-order valence-corrected chi connectivity index (χ1v) is 8.74. The summed E-state index contributed by atoms with van der Waals surface area (Å²) in [5.74, 6) is -0.615. The second kappa shape index (κ2) is 4.85. The molecule has 1 aromatic carbocycles. The van der Waals surface area contributed by atoms with E-state index in [1.54, 1.807) is 6.07 Å². The molecule has 2 aromatic rings. The normalized spacial score (nSPS) is 17.8. The fourth-order valence-corrected chi connectivity index (χ4v) is 5.41. The van der Waals surface area contributed by atoms with Gasteiger partial charge in [0, 0.05) is 11.4 Å². The molecule has 1 aliphatic heterocycles. The summed E-state index contributed by atoms with van der Waals surface area (Å²) in [4.78, 5) is 11.5. The Balaban J connectivity index is 2.08. The van der Waals surface area contributed by atoms with Gasteiger partial charge in [-0.05, 0) is 31.0 Å². The molecule has 0 saturated carbocycles. The lowest BCUT2D eigenvalue weighted by atomic mass is 10.1. The zero-order valence-electron chi connectivity index (χ0n) is 11.3. The van der Waals surface area contributed by atoms with Gasteiger partial charge in [-0.2, -0.15) is 0 Å². The van der Waals surface area contributed by atoms with E-state index in [2.05, 4.69) is 0 Å². The van der Waals surface area contributed by atoms with Crippen molar-refractivity contribution >= 4 is 33.0 Å². The number of sulfonamides is 1. The summed E-state index contributed by atoms with van der Waals surface area (Å²) in [5.41, 5.74) is 6.91. The SMILES string of the molecule is C[C@@H]1Cc2ccccc2N1S(=O)(=O)c1csc(C(N)=O)c1. The maximum atomic E-state index is 12.8. The summed E-state index contributed by atoms with van der Waals surface area (Å²) in [6.07, 6.45) is 0.683. The van der Waals surface area contributed by atoms with Crippen molar-refractivity contribution in [2.75, 3.05) is 4.31 Å². The first-order valence-electron chi connectivity index (χ1n) is 6.42. The van der Waals surface area contributed by atoms with E-state index >= 15 is 0 Å². The van der Waals surface area contributed by atoms with Crippen LogP contribution < -0.4 is 10.0 Å². The lowest BCUT2D eigenvalue weighted by molar-refractivity contribution is 0.100. The molecule has 1 amide bonds. The van der Waals surface area contributed by atoms with Gasteiger partial charge in [0.15, 0.2) is 0 Å². The molecule has 0 spiro atoms. The minimum absolute atomic E-state index is 0.116. The summed E-state index contributed by atoms with van der Waals surface area (Å²) < 4.78 is 27.1. The van der Waals surface area contributed by atoms with Crippen molar-refractivity contribution in [2.24, 2.45) is 5.73 Å². The van der Waals surface area contributed by atoms with Crippen molar-refractivity contribution in [3.05, 3.63) is 46.2 Å². The minimum Gasteiger partial charge on any atom is -0.365 e. The Morgan fingerprint density at radius 3 is 2.76 bits per heavy atom. The van der Waals surface area contributed by atoms with Gasteiger partial charge in [0.25, 0.3) is 15.9 Å². The number of benzene rings is 1. The molecular weight excluding hydrogens is 308 g/mol. The number of hydrogen-bond donors (Lipinski definition) is 1. The molecule has 5 nitrogen and oxygen atoms in total. The van der Waals surface area contributed by atoms with E-state index in [9.17, 15) is 13.2 Å². The molecule has 0 unspecified atom stereocenters. The number of amides is 1. The average molecular weight is 322 g/mol. The molecule has 2 heterocycles. The number of fused-ring (bicyclic) bond motifs is 1. The van der Waals surface area contributed by atoms with Crippen molar-refractivity contribution in [3.8, 4) is 0 Å². The lowest BCUT2D eigenvalue weighted by Crippen LogP contribution is -2.35. The first-order chi connectivity index (χ1) is 9.91. The number of nitrogens with zero attached hydrogens (tertiary/aromatic N) is 1. The third-order valence-corrected chi connectivity index (χ3v) is 6.52. The smallest absolute Gasteiger partial charge is 0.265 e. The largest absolute Gasteiger partial charge is 0.365 e. The van der Waals surface area contributed by atoms with Crippen LogP contribution in [0.15, 0.2) is 40.6 Å². The molecule has 21 heavy (non-hydrogen) atoms. The maximum absolute atomic E-state index is 12.8.